The summed E-state index contributed by atoms with van der Waals surface area (Å²) in [6.45, 7) is 1.84. The third-order valence-corrected chi connectivity index (χ3v) is 2.66. The Hall–Kier alpha value is -0.860. The molecule has 1 atom stereocenters. The minimum Gasteiger partial charge on any atom is -0.452 e. The van der Waals surface area contributed by atoms with Crippen LogP contribution in [0.15, 0.2) is 0 Å². The van der Waals surface area contributed by atoms with Gasteiger partial charge in [0.1, 0.15) is 0 Å². The van der Waals surface area contributed by atoms with Crippen molar-refractivity contribution in [2.24, 2.45) is 0 Å². The fourth-order valence-corrected chi connectivity index (χ4v) is 1.51. The van der Waals surface area contributed by atoms with E-state index in [2.05, 4.69) is 9.46 Å². The number of aliphatic hydroxyl groups is 1. The zero-order valence-corrected chi connectivity index (χ0v) is 9.50. The Bertz CT molecular complexity index is 290. The Kier molecular flexibility index (Phi) is 6.21. The predicted octanol–water partition coefficient (Wildman–Crippen LogP) is -0.662. The molecule has 1 unspecified atom stereocenters. The van der Waals surface area contributed by atoms with Crippen LogP contribution in [0.1, 0.15) is 19.8 Å². The topological polar surface area (TPSA) is 105 Å². The minimum absolute atomic E-state index is 0.0569. The number of nitrogens with one attached hydrogen (secondary N) is 2. The maximum Gasteiger partial charge on any atom is 0.421 e. The van der Waals surface area contributed by atoms with Crippen molar-refractivity contribution in [3.63, 3.8) is 0 Å². The van der Waals surface area contributed by atoms with E-state index in [9.17, 15) is 13.2 Å². The van der Waals surface area contributed by atoms with E-state index in [1.54, 1.807) is 11.6 Å². The summed E-state index contributed by atoms with van der Waals surface area (Å²) in [5.41, 5.74) is 0. The summed E-state index contributed by atoms with van der Waals surface area (Å²) < 4.78 is 30.0. The number of rotatable bonds is 6. The van der Waals surface area contributed by atoms with E-state index in [4.69, 9.17) is 5.11 Å². The van der Waals surface area contributed by atoms with Gasteiger partial charge in [-0.05, 0) is 12.8 Å². The van der Waals surface area contributed by atoms with Crippen molar-refractivity contribution in [1.29, 1.82) is 0 Å². The van der Waals surface area contributed by atoms with Crippen LogP contribution in [0.2, 0.25) is 0 Å². The van der Waals surface area contributed by atoms with Crippen LogP contribution in [0, 0.1) is 0 Å². The van der Waals surface area contributed by atoms with Gasteiger partial charge in [0.25, 0.3) is 0 Å². The highest BCUT2D eigenvalue weighted by atomic mass is 32.2. The molecule has 0 aromatic carbocycles. The average Bonchev–Trinajstić information content (AvgIpc) is 2.16. The molecule has 0 rings (SSSR count). The molecule has 0 aromatic rings. The molecule has 0 aliphatic heterocycles. The minimum atomic E-state index is -3.88. The first-order valence-corrected chi connectivity index (χ1v) is 5.93. The molecule has 7 nitrogen and oxygen atoms in total. The molecular formula is C7H16N2O5S. The number of hydrogen-bond donors (Lipinski definition) is 3. The van der Waals surface area contributed by atoms with Crippen LogP contribution < -0.4 is 9.44 Å². The van der Waals surface area contributed by atoms with E-state index in [1.807, 2.05) is 0 Å². The smallest absolute Gasteiger partial charge is 0.421 e. The van der Waals surface area contributed by atoms with Gasteiger partial charge in [-0.25, -0.2) is 9.52 Å². The second-order valence-electron chi connectivity index (χ2n) is 2.84. The van der Waals surface area contributed by atoms with Crippen LogP contribution in [0.3, 0.4) is 0 Å². The van der Waals surface area contributed by atoms with Crippen LogP contribution in [0.5, 0.6) is 0 Å². The molecule has 1 amide bonds. The van der Waals surface area contributed by atoms with Gasteiger partial charge in [-0.15, -0.1) is 0 Å². The van der Waals surface area contributed by atoms with Crippen LogP contribution in [-0.4, -0.2) is 39.4 Å². The standard InChI is InChI=1S/C7H16N2O5S/c1-3-6(10)4-5-8-15(12,13)9-7(11)14-2/h6,8,10H,3-5H2,1-2H3,(H,9,11). The van der Waals surface area contributed by atoms with Crippen molar-refractivity contribution in [2.75, 3.05) is 13.7 Å². The quantitative estimate of drug-likeness (QED) is 0.571. The fraction of sp³-hybridized carbons (Fsp3) is 0.857. The van der Waals surface area contributed by atoms with Crippen molar-refractivity contribution in [3.8, 4) is 0 Å². The van der Waals surface area contributed by atoms with Gasteiger partial charge in [-0.3, -0.25) is 0 Å². The Morgan fingerprint density at radius 3 is 2.60 bits per heavy atom. The highest BCUT2D eigenvalue weighted by Gasteiger charge is 2.13. The molecule has 0 bridgehead atoms. The van der Waals surface area contributed by atoms with Crippen LogP contribution in [0.4, 0.5) is 4.79 Å². The molecule has 0 aliphatic rings. The van der Waals surface area contributed by atoms with Crippen molar-refractivity contribution < 1.29 is 23.1 Å². The number of methoxy groups -OCH3 is 1. The number of carbonyl (C=O) groups excluding carboxylic acids is 1. The molecule has 0 radical (unpaired) electrons. The molecule has 0 spiro atoms. The molecule has 0 fully saturated rings. The zero-order chi connectivity index (χ0) is 11.9. The van der Waals surface area contributed by atoms with E-state index in [1.165, 1.54) is 0 Å². The number of ether oxygens (including phenoxy) is 1. The summed E-state index contributed by atoms with van der Waals surface area (Å²) in [5, 5.41) is 9.14. The fourth-order valence-electron chi connectivity index (χ4n) is 0.751. The normalized spacial score (nSPS) is 13.3. The molecular weight excluding hydrogens is 224 g/mol. The van der Waals surface area contributed by atoms with Gasteiger partial charge in [0.05, 0.1) is 13.2 Å². The Morgan fingerprint density at radius 1 is 1.53 bits per heavy atom. The highest BCUT2D eigenvalue weighted by Crippen LogP contribution is 1.94. The number of aliphatic hydroxyl groups excluding tert-OH is 1. The first-order valence-electron chi connectivity index (χ1n) is 4.44. The molecule has 0 aromatic heterocycles. The van der Waals surface area contributed by atoms with E-state index in [0.717, 1.165) is 7.11 Å². The zero-order valence-electron chi connectivity index (χ0n) is 8.69. The van der Waals surface area contributed by atoms with E-state index in [-0.39, 0.29) is 6.54 Å². The average molecular weight is 240 g/mol. The Balaban J connectivity index is 3.90. The maximum absolute atomic E-state index is 11.1. The summed E-state index contributed by atoms with van der Waals surface area (Å²) in [7, 11) is -2.82. The molecule has 8 heteroatoms. The van der Waals surface area contributed by atoms with Crippen LogP contribution in [0.25, 0.3) is 0 Å². The monoisotopic (exact) mass is 240 g/mol. The molecule has 90 valence electrons. The Morgan fingerprint density at radius 2 is 2.13 bits per heavy atom. The highest BCUT2D eigenvalue weighted by molar-refractivity contribution is 7.88. The lowest BCUT2D eigenvalue weighted by atomic mass is 10.2. The van der Waals surface area contributed by atoms with Gasteiger partial charge >= 0.3 is 16.3 Å². The van der Waals surface area contributed by atoms with Gasteiger partial charge in [0.2, 0.25) is 0 Å². The molecule has 15 heavy (non-hydrogen) atoms. The van der Waals surface area contributed by atoms with E-state index in [0.29, 0.717) is 12.8 Å². The maximum atomic E-state index is 11.1. The van der Waals surface area contributed by atoms with Gasteiger partial charge in [-0.2, -0.15) is 13.1 Å². The van der Waals surface area contributed by atoms with Gasteiger partial charge in [0.15, 0.2) is 0 Å². The SMILES string of the molecule is CCC(O)CCNS(=O)(=O)NC(=O)OC. The van der Waals surface area contributed by atoms with Crippen LogP contribution in [-0.2, 0) is 14.9 Å². The third kappa shape index (κ3) is 7.11. The van der Waals surface area contributed by atoms with Crippen molar-refractivity contribution in [1.82, 2.24) is 9.44 Å². The predicted molar refractivity (Wildman–Crippen MR) is 53.4 cm³/mol. The summed E-state index contributed by atoms with van der Waals surface area (Å²) in [6, 6.07) is 0. The second kappa shape index (κ2) is 6.59. The first kappa shape index (κ1) is 14.1. The van der Waals surface area contributed by atoms with Crippen LogP contribution >= 0.6 is 0 Å². The molecule has 0 aliphatic carbocycles. The summed E-state index contributed by atoms with van der Waals surface area (Å²) in [4.78, 5) is 10.6. The lowest BCUT2D eigenvalue weighted by Crippen LogP contribution is -2.41. The second-order valence-corrected chi connectivity index (χ2v) is 4.34. The third-order valence-electron chi connectivity index (χ3n) is 1.64. The lowest BCUT2D eigenvalue weighted by molar-refractivity contribution is 0.162. The molecule has 0 saturated carbocycles. The van der Waals surface area contributed by atoms with Crippen molar-refractivity contribution in [2.45, 2.75) is 25.9 Å². The van der Waals surface area contributed by atoms with Crippen molar-refractivity contribution in [3.05, 3.63) is 0 Å². The van der Waals surface area contributed by atoms with Crippen molar-refractivity contribution >= 4 is 16.3 Å². The molecule has 0 saturated heterocycles. The number of amides is 1. The Labute approximate surface area is 89.0 Å². The van der Waals surface area contributed by atoms with E-state index < -0.39 is 22.4 Å². The summed E-state index contributed by atoms with van der Waals surface area (Å²) >= 11 is 0. The van der Waals surface area contributed by atoms with Gasteiger partial charge < -0.3 is 9.84 Å². The molecule has 0 heterocycles. The number of hydrogen-bond acceptors (Lipinski definition) is 5. The molecule has 3 N–H and O–H groups in total. The van der Waals surface area contributed by atoms with E-state index >= 15 is 0 Å². The van der Waals surface area contributed by atoms with Gasteiger partial charge in [0, 0.05) is 6.54 Å². The summed E-state index contributed by atoms with van der Waals surface area (Å²) in [5.74, 6) is 0. The summed E-state index contributed by atoms with van der Waals surface area (Å²) in [6.07, 6.45) is -0.769. The first-order chi connectivity index (χ1) is 6.91. The van der Waals surface area contributed by atoms with Gasteiger partial charge in [-0.1, -0.05) is 6.92 Å². The number of carbonyl (C=O) groups is 1. The largest absolute Gasteiger partial charge is 0.452 e. The lowest BCUT2D eigenvalue weighted by Gasteiger charge is -2.09.